The van der Waals surface area contributed by atoms with Gasteiger partial charge in [0.05, 0.1) is 23.5 Å². The number of nitrogens with zero attached hydrogens (tertiary/aromatic N) is 3. The van der Waals surface area contributed by atoms with Gasteiger partial charge in [0.25, 0.3) is 0 Å². The Bertz CT molecular complexity index is 747. The summed E-state index contributed by atoms with van der Waals surface area (Å²) in [5, 5.41) is 7.51. The summed E-state index contributed by atoms with van der Waals surface area (Å²) in [7, 11) is 2.12. The van der Waals surface area contributed by atoms with Crippen LogP contribution in [0.4, 0.5) is 11.4 Å². The number of anilines is 2. The van der Waals surface area contributed by atoms with E-state index in [0.29, 0.717) is 10.8 Å². The molecule has 0 unspecified atom stereocenters. The van der Waals surface area contributed by atoms with Crippen molar-refractivity contribution in [3.63, 3.8) is 0 Å². The van der Waals surface area contributed by atoms with Crippen molar-refractivity contribution < 1.29 is 9.32 Å². The topological polar surface area (TPSA) is 61.6 Å². The monoisotopic (exact) mass is 362 g/mol. The van der Waals surface area contributed by atoms with Gasteiger partial charge >= 0.3 is 0 Å². The Morgan fingerprint density at radius 1 is 1.28 bits per heavy atom. The molecule has 1 aliphatic heterocycles. The maximum Gasteiger partial charge on any atom is 0.229 e. The van der Waals surface area contributed by atoms with Crippen LogP contribution in [-0.4, -0.2) is 49.2 Å². The van der Waals surface area contributed by atoms with Gasteiger partial charge in [-0.2, -0.15) is 0 Å². The van der Waals surface area contributed by atoms with E-state index in [0.717, 1.165) is 48.8 Å². The summed E-state index contributed by atoms with van der Waals surface area (Å²) in [6, 6.07) is 5.64. The molecule has 0 bridgehead atoms. The summed E-state index contributed by atoms with van der Waals surface area (Å²) in [5.74, 6) is 0.574. The number of carbonyl (C=O) groups is 1. The molecule has 1 aromatic heterocycles. The molecule has 1 aliphatic rings. The number of hydrogen-bond acceptors (Lipinski definition) is 5. The van der Waals surface area contributed by atoms with Crippen LogP contribution in [0.5, 0.6) is 0 Å². The number of aryl methyl sites for hydroxylation is 2. The fourth-order valence-electron chi connectivity index (χ4n) is 3.04. The molecule has 1 N–H and O–H groups in total. The van der Waals surface area contributed by atoms with Crippen LogP contribution in [0, 0.1) is 13.8 Å². The van der Waals surface area contributed by atoms with E-state index in [-0.39, 0.29) is 12.3 Å². The maximum atomic E-state index is 12.5. The third kappa shape index (κ3) is 4.14. The van der Waals surface area contributed by atoms with E-state index in [4.69, 9.17) is 16.1 Å². The van der Waals surface area contributed by atoms with Gasteiger partial charge in [-0.3, -0.25) is 4.79 Å². The number of amides is 1. The highest BCUT2D eigenvalue weighted by molar-refractivity contribution is 6.31. The van der Waals surface area contributed by atoms with Gasteiger partial charge in [-0.05, 0) is 39.1 Å². The number of rotatable bonds is 4. The number of benzene rings is 1. The number of likely N-dealkylation sites (N-methyl/N-ethyl adjacent to an activating group) is 1. The molecule has 1 amide bonds. The van der Waals surface area contributed by atoms with Crippen LogP contribution < -0.4 is 10.2 Å². The zero-order valence-corrected chi connectivity index (χ0v) is 15.6. The first-order chi connectivity index (χ1) is 11.9. The van der Waals surface area contributed by atoms with E-state index in [1.165, 1.54) is 0 Å². The molecule has 25 heavy (non-hydrogen) atoms. The van der Waals surface area contributed by atoms with Gasteiger partial charge < -0.3 is 19.6 Å². The van der Waals surface area contributed by atoms with Crippen molar-refractivity contribution in [2.45, 2.75) is 20.3 Å². The van der Waals surface area contributed by atoms with Gasteiger partial charge in [0.1, 0.15) is 5.76 Å². The fourth-order valence-corrected chi connectivity index (χ4v) is 3.21. The summed E-state index contributed by atoms with van der Waals surface area (Å²) in [6.45, 7) is 7.49. The Morgan fingerprint density at radius 2 is 2.00 bits per heavy atom. The summed E-state index contributed by atoms with van der Waals surface area (Å²) in [5.41, 5.74) is 3.33. The normalized spacial score (nSPS) is 15.4. The molecule has 0 aliphatic carbocycles. The lowest BCUT2D eigenvalue weighted by atomic mass is 10.1. The predicted octanol–water partition coefficient (Wildman–Crippen LogP) is 2.88. The lowest BCUT2D eigenvalue weighted by Gasteiger charge is -2.35. The summed E-state index contributed by atoms with van der Waals surface area (Å²) >= 11 is 6.15. The molecule has 6 nitrogen and oxygen atoms in total. The van der Waals surface area contributed by atoms with E-state index in [2.05, 4.69) is 27.3 Å². The quantitative estimate of drug-likeness (QED) is 0.906. The highest BCUT2D eigenvalue weighted by Gasteiger charge is 2.19. The molecule has 2 aromatic rings. The van der Waals surface area contributed by atoms with Crippen molar-refractivity contribution in [3.05, 3.63) is 40.2 Å². The number of halogens is 1. The van der Waals surface area contributed by atoms with Crippen molar-refractivity contribution in [2.24, 2.45) is 0 Å². The molecule has 1 fully saturated rings. The molecule has 0 atom stereocenters. The fraction of sp³-hybridized carbons (Fsp3) is 0.444. The Hall–Kier alpha value is -2.05. The van der Waals surface area contributed by atoms with Crippen LogP contribution in [0.25, 0.3) is 0 Å². The number of aromatic nitrogens is 1. The number of carbonyl (C=O) groups excluding carboxylic acids is 1. The van der Waals surface area contributed by atoms with Crippen molar-refractivity contribution in [2.75, 3.05) is 43.4 Å². The highest BCUT2D eigenvalue weighted by atomic mass is 35.5. The van der Waals surface area contributed by atoms with Gasteiger partial charge in [0, 0.05) is 36.8 Å². The van der Waals surface area contributed by atoms with E-state index in [9.17, 15) is 4.79 Å². The van der Waals surface area contributed by atoms with E-state index in [1.54, 1.807) is 6.07 Å². The van der Waals surface area contributed by atoms with Crippen LogP contribution >= 0.6 is 11.6 Å². The van der Waals surface area contributed by atoms with Gasteiger partial charge in [-0.25, -0.2) is 0 Å². The molecule has 0 saturated carbocycles. The van der Waals surface area contributed by atoms with Crippen molar-refractivity contribution >= 4 is 28.9 Å². The minimum atomic E-state index is -0.105. The maximum absolute atomic E-state index is 12.5. The largest absolute Gasteiger partial charge is 0.367 e. The molecule has 2 heterocycles. The first-order valence-corrected chi connectivity index (χ1v) is 8.76. The van der Waals surface area contributed by atoms with E-state index >= 15 is 0 Å². The number of hydrogen-bond donors (Lipinski definition) is 1. The second-order valence-electron chi connectivity index (χ2n) is 6.48. The highest BCUT2D eigenvalue weighted by Crippen LogP contribution is 2.30. The molecular formula is C18H23ClN4O2. The molecule has 3 rings (SSSR count). The van der Waals surface area contributed by atoms with Gasteiger partial charge in [-0.15, -0.1) is 0 Å². The zero-order chi connectivity index (χ0) is 18.0. The molecule has 134 valence electrons. The average molecular weight is 363 g/mol. The summed E-state index contributed by atoms with van der Waals surface area (Å²) in [6.07, 6.45) is 0.232. The molecular weight excluding hydrogens is 340 g/mol. The van der Waals surface area contributed by atoms with Crippen LogP contribution in [0.1, 0.15) is 17.0 Å². The van der Waals surface area contributed by atoms with Crippen molar-refractivity contribution in [1.29, 1.82) is 0 Å². The minimum absolute atomic E-state index is 0.105. The number of nitrogens with one attached hydrogen (secondary N) is 1. The molecule has 7 heteroatoms. The Labute approximate surface area is 152 Å². The number of piperazine rings is 1. The Kier molecular flexibility index (Phi) is 5.30. The van der Waals surface area contributed by atoms with Crippen molar-refractivity contribution in [1.82, 2.24) is 10.1 Å². The van der Waals surface area contributed by atoms with Crippen LogP contribution in [0.3, 0.4) is 0 Å². The van der Waals surface area contributed by atoms with Crippen LogP contribution in [0.15, 0.2) is 22.7 Å². The SMILES string of the molecule is Cc1noc(C)c1CC(=O)Nc1cc(Cl)ccc1N1CCN(C)CC1. The van der Waals surface area contributed by atoms with E-state index < -0.39 is 0 Å². The van der Waals surface area contributed by atoms with Crippen molar-refractivity contribution in [3.8, 4) is 0 Å². The van der Waals surface area contributed by atoms with E-state index in [1.807, 2.05) is 26.0 Å². The zero-order valence-electron chi connectivity index (χ0n) is 14.8. The summed E-state index contributed by atoms with van der Waals surface area (Å²) < 4.78 is 5.13. The standard InChI is InChI=1S/C18H23ClN4O2/c1-12-15(13(2)25-21-12)11-18(24)20-16-10-14(19)4-5-17(16)23-8-6-22(3)7-9-23/h4-5,10H,6-9,11H2,1-3H3,(H,20,24). The molecule has 0 spiro atoms. The van der Waals surface area contributed by atoms with Crippen LogP contribution in [-0.2, 0) is 11.2 Å². The Morgan fingerprint density at radius 3 is 2.64 bits per heavy atom. The lowest BCUT2D eigenvalue weighted by Crippen LogP contribution is -2.44. The molecule has 1 aromatic carbocycles. The predicted molar refractivity (Wildman–Crippen MR) is 99.5 cm³/mol. The van der Waals surface area contributed by atoms with Gasteiger partial charge in [-0.1, -0.05) is 16.8 Å². The third-order valence-electron chi connectivity index (χ3n) is 4.60. The van der Waals surface area contributed by atoms with Gasteiger partial charge in [0.15, 0.2) is 0 Å². The lowest BCUT2D eigenvalue weighted by molar-refractivity contribution is -0.115. The molecule has 1 saturated heterocycles. The average Bonchev–Trinajstić information content (AvgIpc) is 2.88. The Balaban J connectivity index is 1.77. The molecule has 0 radical (unpaired) electrons. The summed E-state index contributed by atoms with van der Waals surface area (Å²) in [4.78, 5) is 17.1. The third-order valence-corrected chi connectivity index (χ3v) is 4.83. The first-order valence-electron chi connectivity index (χ1n) is 8.38. The second kappa shape index (κ2) is 7.45. The van der Waals surface area contributed by atoms with Gasteiger partial charge in [0.2, 0.25) is 5.91 Å². The smallest absolute Gasteiger partial charge is 0.229 e. The first kappa shape index (κ1) is 17.8. The van der Waals surface area contributed by atoms with Crippen LogP contribution in [0.2, 0.25) is 5.02 Å². The minimum Gasteiger partial charge on any atom is -0.367 e. The second-order valence-corrected chi connectivity index (χ2v) is 6.92.